The molecule has 1 aromatic heterocycles. The summed E-state index contributed by atoms with van der Waals surface area (Å²) in [6, 6.07) is 6.46. The van der Waals surface area contributed by atoms with Crippen LogP contribution < -0.4 is 0 Å². The maximum Gasteiger partial charge on any atom is 0.239 e. The zero-order chi connectivity index (χ0) is 22.0. The molecule has 2 fully saturated rings. The van der Waals surface area contributed by atoms with Gasteiger partial charge >= 0.3 is 0 Å². The molecule has 1 atom stereocenters. The number of halogens is 1. The Bertz CT molecular complexity index is 904. The van der Waals surface area contributed by atoms with Gasteiger partial charge in [-0.2, -0.15) is 0 Å². The van der Waals surface area contributed by atoms with Gasteiger partial charge in [-0.25, -0.2) is 9.37 Å². The van der Waals surface area contributed by atoms with Gasteiger partial charge in [0.1, 0.15) is 11.6 Å². The van der Waals surface area contributed by atoms with Crippen molar-refractivity contribution in [2.45, 2.75) is 70.2 Å². The average Bonchev–Trinajstić information content (AvgIpc) is 3.37. The smallest absolute Gasteiger partial charge is 0.239 e. The Kier molecular flexibility index (Phi) is 6.44. The number of likely N-dealkylation sites (tertiary alicyclic amines) is 2. The number of rotatable bonds is 6. The summed E-state index contributed by atoms with van der Waals surface area (Å²) in [6.45, 7) is 7.27. The number of hydrogen-bond acceptors (Lipinski definition) is 4. The second-order valence-corrected chi connectivity index (χ2v) is 9.38. The molecule has 0 spiro atoms. The van der Waals surface area contributed by atoms with E-state index in [1.54, 1.807) is 18.3 Å². The van der Waals surface area contributed by atoms with Crippen LogP contribution in [0.5, 0.6) is 0 Å². The maximum atomic E-state index is 13.5. The number of aliphatic hydroxyl groups is 1. The Hall–Kier alpha value is -2.25. The highest BCUT2D eigenvalue weighted by Crippen LogP contribution is 2.28. The summed E-state index contributed by atoms with van der Waals surface area (Å²) in [7, 11) is 0. The number of nitrogens with zero attached hydrogens (tertiary/aromatic N) is 4. The second kappa shape index (κ2) is 9.09. The Morgan fingerprint density at radius 3 is 2.77 bits per heavy atom. The first kappa shape index (κ1) is 22.0. The van der Waals surface area contributed by atoms with Crippen LogP contribution in [0.4, 0.5) is 4.39 Å². The van der Waals surface area contributed by atoms with Gasteiger partial charge in [0.25, 0.3) is 0 Å². The molecule has 3 heterocycles. The van der Waals surface area contributed by atoms with Crippen LogP contribution in [0.15, 0.2) is 36.7 Å². The number of carbonyl (C=O) groups excluding carboxylic acids is 1. The summed E-state index contributed by atoms with van der Waals surface area (Å²) in [5.41, 5.74) is 0.0758. The lowest BCUT2D eigenvalue weighted by Gasteiger charge is -2.40. The molecule has 0 radical (unpaired) electrons. The van der Waals surface area contributed by atoms with Crippen molar-refractivity contribution in [1.82, 2.24) is 19.4 Å². The van der Waals surface area contributed by atoms with Gasteiger partial charge in [-0.05, 0) is 49.9 Å². The first-order valence-electron chi connectivity index (χ1n) is 11.4. The summed E-state index contributed by atoms with van der Waals surface area (Å²) in [5.74, 6) is 1.17. The van der Waals surface area contributed by atoms with E-state index in [1.165, 1.54) is 6.07 Å². The van der Waals surface area contributed by atoms with Gasteiger partial charge in [0.2, 0.25) is 5.91 Å². The first-order valence-corrected chi connectivity index (χ1v) is 11.4. The minimum Gasteiger partial charge on any atom is -0.388 e. The zero-order valence-corrected chi connectivity index (χ0v) is 18.5. The molecule has 1 aromatic carbocycles. The SMILES string of the molecule is CC(C)c1nccn1CC1(O)CCN(C(=O)C2CCCN2Cc2cccc(F)c2)CC1. The van der Waals surface area contributed by atoms with Crippen LogP contribution in [0.3, 0.4) is 0 Å². The predicted octanol–water partition coefficient (Wildman–Crippen LogP) is 3.16. The molecule has 0 saturated carbocycles. The fourth-order valence-corrected chi connectivity index (χ4v) is 4.95. The van der Waals surface area contributed by atoms with Crippen molar-refractivity contribution in [3.63, 3.8) is 0 Å². The fraction of sp³-hybridized carbons (Fsp3) is 0.583. The summed E-state index contributed by atoms with van der Waals surface area (Å²) in [6.07, 6.45) is 6.64. The van der Waals surface area contributed by atoms with Crippen molar-refractivity contribution in [3.05, 3.63) is 53.9 Å². The molecule has 1 amide bonds. The lowest BCUT2D eigenvalue weighted by atomic mass is 9.90. The largest absolute Gasteiger partial charge is 0.388 e. The third-order valence-corrected chi connectivity index (χ3v) is 6.66. The standard InChI is InChI=1S/C24H33FN4O2/c1-18(2)22-26-10-14-29(22)17-24(31)8-12-27(13-9-24)23(30)21-7-4-11-28(21)16-19-5-3-6-20(25)15-19/h3,5-6,10,14-15,18,21,31H,4,7-9,11-13,16-17H2,1-2H3. The molecule has 6 nitrogen and oxygen atoms in total. The first-order chi connectivity index (χ1) is 14.8. The molecule has 2 aliphatic heterocycles. The number of benzene rings is 1. The van der Waals surface area contributed by atoms with E-state index in [-0.39, 0.29) is 17.8 Å². The van der Waals surface area contributed by atoms with Gasteiger partial charge in [0.05, 0.1) is 18.2 Å². The molecule has 7 heteroatoms. The molecule has 2 aliphatic rings. The van der Waals surface area contributed by atoms with Crippen LogP contribution in [-0.2, 0) is 17.9 Å². The molecule has 31 heavy (non-hydrogen) atoms. The number of carbonyl (C=O) groups is 1. The van der Waals surface area contributed by atoms with E-state index in [9.17, 15) is 14.3 Å². The molecule has 2 saturated heterocycles. The van der Waals surface area contributed by atoms with Crippen molar-refractivity contribution in [3.8, 4) is 0 Å². The lowest BCUT2D eigenvalue weighted by molar-refractivity contribution is -0.140. The Morgan fingerprint density at radius 2 is 2.06 bits per heavy atom. The number of imidazole rings is 1. The van der Waals surface area contributed by atoms with Crippen LogP contribution in [0.25, 0.3) is 0 Å². The van der Waals surface area contributed by atoms with Crippen LogP contribution in [0.1, 0.15) is 56.8 Å². The number of piperidine rings is 1. The van der Waals surface area contributed by atoms with E-state index in [2.05, 4.69) is 23.7 Å². The van der Waals surface area contributed by atoms with Crippen molar-refractivity contribution in [2.24, 2.45) is 0 Å². The van der Waals surface area contributed by atoms with Gasteiger partial charge in [-0.15, -0.1) is 0 Å². The molecular formula is C24H33FN4O2. The Labute approximate surface area is 183 Å². The van der Waals surface area contributed by atoms with Gasteiger partial charge in [0.15, 0.2) is 0 Å². The topological polar surface area (TPSA) is 61.6 Å². The van der Waals surface area contributed by atoms with E-state index < -0.39 is 5.60 Å². The molecule has 1 unspecified atom stereocenters. The van der Waals surface area contributed by atoms with E-state index in [0.29, 0.717) is 44.9 Å². The van der Waals surface area contributed by atoms with Gasteiger partial charge < -0.3 is 14.6 Å². The predicted molar refractivity (Wildman–Crippen MR) is 117 cm³/mol. The molecule has 1 N–H and O–H groups in total. The van der Waals surface area contributed by atoms with Crippen molar-refractivity contribution in [1.29, 1.82) is 0 Å². The fourth-order valence-electron chi connectivity index (χ4n) is 4.95. The minimum atomic E-state index is -0.821. The highest BCUT2D eigenvalue weighted by atomic mass is 19.1. The zero-order valence-electron chi connectivity index (χ0n) is 18.5. The molecule has 4 rings (SSSR count). The van der Waals surface area contributed by atoms with Crippen LogP contribution in [-0.4, -0.2) is 61.6 Å². The normalized spacial score (nSPS) is 21.7. The summed E-state index contributed by atoms with van der Waals surface area (Å²) < 4.78 is 15.6. The highest BCUT2D eigenvalue weighted by Gasteiger charge is 2.39. The number of amides is 1. The quantitative estimate of drug-likeness (QED) is 0.768. The maximum absolute atomic E-state index is 13.5. The third kappa shape index (κ3) is 4.99. The van der Waals surface area contributed by atoms with Gasteiger partial charge in [0, 0.05) is 37.9 Å². The summed E-state index contributed by atoms with van der Waals surface area (Å²) >= 11 is 0. The monoisotopic (exact) mass is 428 g/mol. The lowest BCUT2D eigenvalue weighted by Crippen LogP contribution is -2.53. The van der Waals surface area contributed by atoms with Crippen molar-refractivity contribution < 1.29 is 14.3 Å². The summed E-state index contributed by atoms with van der Waals surface area (Å²) in [5, 5.41) is 11.2. The van der Waals surface area contributed by atoms with Crippen LogP contribution in [0.2, 0.25) is 0 Å². The second-order valence-electron chi connectivity index (χ2n) is 9.38. The molecule has 168 valence electrons. The van der Waals surface area contributed by atoms with E-state index in [4.69, 9.17) is 0 Å². The number of aromatic nitrogens is 2. The third-order valence-electron chi connectivity index (χ3n) is 6.66. The highest BCUT2D eigenvalue weighted by molar-refractivity contribution is 5.82. The van der Waals surface area contributed by atoms with E-state index >= 15 is 0 Å². The van der Waals surface area contributed by atoms with Crippen molar-refractivity contribution in [2.75, 3.05) is 19.6 Å². The Morgan fingerprint density at radius 1 is 1.29 bits per heavy atom. The van der Waals surface area contributed by atoms with Gasteiger partial charge in [-0.1, -0.05) is 26.0 Å². The average molecular weight is 429 g/mol. The number of hydrogen-bond donors (Lipinski definition) is 1. The van der Waals surface area contributed by atoms with Gasteiger partial charge in [-0.3, -0.25) is 9.69 Å². The van der Waals surface area contributed by atoms with E-state index in [1.807, 2.05) is 21.7 Å². The summed E-state index contributed by atoms with van der Waals surface area (Å²) in [4.78, 5) is 21.7. The molecule has 0 aliphatic carbocycles. The Balaban J connectivity index is 1.35. The van der Waals surface area contributed by atoms with Crippen LogP contribution >= 0.6 is 0 Å². The molecule has 2 aromatic rings. The molecular weight excluding hydrogens is 395 g/mol. The minimum absolute atomic E-state index is 0.140. The van der Waals surface area contributed by atoms with E-state index in [0.717, 1.165) is 30.8 Å². The molecule has 0 bridgehead atoms. The van der Waals surface area contributed by atoms with Crippen LogP contribution in [0, 0.1) is 5.82 Å². The van der Waals surface area contributed by atoms with Crippen molar-refractivity contribution >= 4 is 5.91 Å².